The van der Waals surface area contributed by atoms with Gasteiger partial charge in [-0.15, -0.1) is 10.2 Å². The van der Waals surface area contributed by atoms with Crippen molar-refractivity contribution in [2.24, 2.45) is 0 Å². The van der Waals surface area contributed by atoms with Crippen LogP contribution in [0.1, 0.15) is 5.56 Å². The van der Waals surface area contributed by atoms with Crippen LogP contribution in [-0.4, -0.2) is 41.1 Å². The van der Waals surface area contributed by atoms with Gasteiger partial charge in [0.05, 0.1) is 17.7 Å². The number of carbonyl (C=O) groups is 1. The first-order valence-electron chi connectivity index (χ1n) is 8.38. The molecule has 0 fully saturated rings. The van der Waals surface area contributed by atoms with E-state index in [4.69, 9.17) is 11.6 Å². The van der Waals surface area contributed by atoms with Gasteiger partial charge in [0.2, 0.25) is 15.9 Å². The summed E-state index contributed by atoms with van der Waals surface area (Å²) in [7, 11) is -3.34. The minimum absolute atomic E-state index is 0.127. The average molecular weight is 452 g/mol. The molecule has 0 saturated carbocycles. The van der Waals surface area contributed by atoms with E-state index in [1.807, 2.05) is 25.1 Å². The third kappa shape index (κ3) is 5.96. The van der Waals surface area contributed by atoms with Crippen LogP contribution < -0.4 is 10.0 Å². The number of hydrogen-bond donors (Lipinski definition) is 2. The van der Waals surface area contributed by atoms with Crippen molar-refractivity contribution in [1.29, 1.82) is 0 Å². The van der Waals surface area contributed by atoms with Crippen molar-refractivity contribution in [2.75, 3.05) is 22.0 Å². The Morgan fingerprint density at radius 2 is 1.86 bits per heavy atom. The van der Waals surface area contributed by atoms with Gasteiger partial charge in [0, 0.05) is 16.4 Å². The van der Waals surface area contributed by atoms with Crippen molar-refractivity contribution in [3.05, 3.63) is 59.4 Å². The number of thioether (sulfide) groups is 1. The Morgan fingerprint density at radius 1 is 1.17 bits per heavy atom. The molecule has 1 aromatic heterocycles. The van der Waals surface area contributed by atoms with E-state index in [2.05, 4.69) is 20.2 Å². The smallest absolute Gasteiger partial charge is 0.234 e. The van der Waals surface area contributed by atoms with Gasteiger partial charge in [-0.3, -0.25) is 14.1 Å². The molecule has 0 aliphatic heterocycles. The quantitative estimate of drug-likeness (QED) is 0.533. The molecule has 3 aromatic rings. The molecular formula is C18H18ClN5O3S2. The largest absolute Gasteiger partial charge is 0.325 e. The number of nitrogens with zero attached hydrogens (tertiary/aromatic N) is 3. The molecule has 0 saturated heterocycles. The number of benzene rings is 2. The van der Waals surface area contributed by atoms with E-state index in [0.717, 1.165) is 17.5 Å². The number of halogens is 1. The van der Waals surface area contributed by atoms with Crippen LogP contribution in [0.4, 0.5) is 11.4 Å². The van der Waals surface area contributed by atoms with E-state index < -0.39 is 10.0 Å². The van der Waals surface area contributed by atoms with Gasteiger partial charge in [0.25, 0.3) is 0 Å². The normalized spacial score (nSPS) is 11.3. The molecular weight excluding hydrogens is 434 g/mol. The molecule has 1 amide bonds. The molecule has 2 N–H and O–H groups in total. The number of carbonyl (C=O) groups excluding carboxylic acids is 1. The summed E-state index contributed by atoms with van der Waals surface area (Å²) in [6.07, 6.45) is 2.64. The van der Waals surface area contributed by atoms with Crippen molar-refractivity contribution >= 4 is 50.7 Å². The van der Waals surface area contributed by atoms with Gasteiger partial charge >= 0.3 is 0 Å². The van der Waals surface area contributed by atoms with Gasteiger partial charge in [-0.05, 0) is 48.9 Å². The summed E-state index contributed by atoms with van der Waals surface area (Å²) in [5.41, 5.74) is 2.75. The monoisotopic (exact) mass is 451 g/mol. The Bertz CT molecular complexity index is 1130. The minimum atomic E-state index is -3.34. The maximum Gasteiger partial charge on any atom is 0.234 e. The van der Waals surface area contributed by atoms with Crippen LogP contribution >= 0.6 is 23.4 Å². The van der Waals surface area contributed by atoms with Crippen molar-refractivity contribution in [3.8, 4) is 5.69 Å². The first-order valence-corrected chi connectivity index (χ1v) is 11.6. The van der Waals surface area contributed by atoms with E-state index in [9.17, 15) is 13.2 Å². The van der Waals surface area contributed by atoms with Crippen LogP contribution in [0.3, 0.4) is 0 Å². The van der Waals surface area contributed by atoms with Gasteiger partial charge in [0.15, 0.2) is 5.16 Å². The number of aryl methyl sites for hydroxylation is 1. The van der Waals surface area contributed by atoms with Gasteiger partial charge in [-0.2, -0.15) is 0 Å². The van der Waals surface area contributed by atoms with E-state index >= 15 is 0 Å². The van der Waals surface area contributed by atoms with Crippen LogP contribution in [0, 0.1) is 6.92 Å². The molecule has 0 aliphatic rings. The highest BCUT2D eigenvalue weighted by Gasteiger charge is 2.11. The molecule has 0 aliphatic carbocycles. The number of amides is 1. The molecule has 8 nitrogen and oxygen atoms in total. The number of anilines is 2. The molecule has 29 heavy (non-hydrogen) atoms. The number of aromatic nitrogens is 3. The minimum Gasteiger partial charge on any atom is -0.325 e. The van der Waals surface area contributed by atoms with E-state index in [1.165, 1.54) is 11.8 Å². The Labute approximate surface area is 177 Å². The second-order valence-electron chi connectivity index (χ2n) is 6.21. The molecule has 2 aromatic carbocycles. The van der Waals surface area contributed by atoms with Crippen molar-refractivity contribution < 1.29 is 13.2 Å². The van der Waals surface area contributed by atoms with Crippen molar-refractivity contribution in [1.82, 2.24) is 14.8 Å². The third-order valence-electron chi connectivity index (χ3n) is 3.75. The zero-order valence-electron chi connectivity index (χ0n) is 15.6. The van der Waals surface area contributed by atoms with Gasteiger partial charge in [0.1, 0.15) is 6.33 Å². The third-order valence-corrected chi connectivity index (χ3v) is 5.71. The van der Waals surface area contributed by atoms with Gasteiger partial charge in [-0.1, -0.05) is 29.4 Å². The highest BCUT2D eigenvalue weighted by Crippen LogP contribution is 2.24. The van der Waals surface area contributed by atoms with Crippen LogP contribution in [0.5, 0.6) is 0 Å². The Morgan fingerprint density at radius 3 is 2.52 bits per heavy atom. The molecule has 152 valence electrons. The number of nitrogens with one attached hydrogen (secondary N) is 2. The van der Waals surface area contributed by atoms with Crippen LogP contribution in [-0.2, 0) is 14.8 Å². The molecule has 0 atom stereocenters. The van der Waals surface area contributed by atoms with E-state index in [1.54, 1.807) is 35.2 Å². The second-order valence-corrected chi connectivity index (χ2v) is 9.30. The zero-order valence-corrected chi connectivity index (χ0v) is 18.0. The summed E-state index contributed by atoms with van der Waals surface area (Å²) in [6, 6.07) is 12.0. The summed E-state index contributed by atoms with van der Waals surface area (Å²) in [5, 5.41) is 11.9. The molecule has 11 heteroatoms. The van der Waals surface area contributed by atoms with Crippen LogP contribution in [0.15, 0.2) is 53.9 Å². The lowest BCUT2D eigenvalue weighted by Gasteiger charge is -2.09. The lowest BCUT2D eigenvalue weighted by molar-refractivity contribution is -0.113. The summed E-state index contributed by atoms with van der Waals surface area (Å²) < 4.78 is 26.6. The zero-order chi connectivity index (χ0) is 21.0. The van der Waals surface area contributed by atoms with Gasteiger partial charge < -0.3 is 5.32 Å². The summed E-state index contributed by atoms with van der Waals surface area (Å²) in [6.45, 7) is 1.92. The van der Waals surface area contributed by atoms with E-state index in [-0.39, 0.29) is 11.7 Å². The maximum atomic E-state index is 12.2. The molecule has 0 unspecified atom stereocenters. The summed E-state index contributed by atoms with van der Waals surface area (Å²) in [5.74, 6) is -0.0999. The molecule has 0 spiro atoms. The molecule has 3 rings (SSSR count). The van der Waals surface area contributed by atoms with Crippen LogP contribution in [0.2, 0.25) is 5.02 Å². The number of sulfonamides is 1. The Hall–Kier alpha value is -2.56. The lowest BCUT2D eigenvalue weighted by atomic mass is 10.2. The molecule has 0 radical (unpaired) electrons. The van der Waals surface area contributed by atoms with Crippen molar-refractivity contribution in [2.45, 2.75) is 12.1 Å². The summed E-state index contributed by atoms with van der Waals surface area (Å²) >= 11 is 7.42. The van der Waals surface area contributed by atoms with Gasteiger partial charge in [-0.25, -0.2) is 8.42 Å². The highest BCUT2D eigenvalue weighted by molar-refractivity contribution is 7.99. The fraction of sp³-hybridized carbons (Fsp3) is 0.167. The Balaban J connectivity index is 1.60. The molecule has 0 bridgehead atoms. The summed E-state index contributed by atoms with van der Waals surface area (Å²) in [4.78, 5) is 12.2. The predicted octanol–water partition coefficient (Wildman–Crippen LogP) is 3.33. The average Bonchev–Trinajstić information content (AvgIpc) is 3.11. The Kier molecular flexibility index (Phi) is 6.46. The SMILES string of the molecule is Cc1ccc(-n2cnnc2SCC(=O)Nc2ccc(NS(C)(=O)=O)cc2)cc1Cl. The topological polar surface area (TPSA) is 106 Å². The fourth-order valence-corrected chi connectivity index (χ4v) is 3.86. The second kappa shape index (κ2) is 8.85. The highest BCUT2D eigenvalue weighted by atomic mass is 35.5. The van der Waals surface area contributed by atoms with E-state index in [0.29, 0.717) is 21.6 Å². The molecule has 1 heterocycles. The predicted molar refractivity (Wildman–Crippen MR) is 115 cm³/mol. The standard InChI is InChI=1S/C18H18ClN5O3S2/c1-12-3-8-15(9-16(12)19)24-11-20-22-18(24)28-10-17(25)21-13-4-6-14(7-5-13)23-29(2,26)27/h3-9,11,23H,10H2,1-2H3,(H,21,25). The lowest BCUT2D eigenvalue weighted by Crippen LogP contribution is -2.14. The number of rotatable bonds is 7. The first kappa shape index (κ1) is 21.2. The van der Waals surface area contributed by atoms with Crippen LogP contribution in [0.25, 0.3) is 5.69 Å². The number of hydrogen-bond acceptors (Lipinski definition) is 6. The first-order chi connectivity index (χ1) is 13.7. The maximum absolute atomic E-state index is 12.2. The van der Waals surface area contributed by atoms with Crippen molar-refractivity contribution in [3.63, 3.8) is 0 Å². The fourth-order valence-electron chi connectivity index (χ4n) is 2.39.